The number of nitrogens with zero attached hydrogens (tertiary/aromatic N) is 1. The maximum Gasteiger partial charge on any atom is 0.121 e. The van der Waals surface area contributed by atoms with Crippen LogP contribution in [0.4, 0.5) is 0 Å². The Morgan fingerprint density at radius 3 is 3.33 bits per heavy atom. The molecule has 1 N–H and O–H groups in total. The zero-order valence-electron chi connectivity index (χ0n) is 9.11. The molecule has 3 nitrogen and oxygen atoms in total. The molecule has 2 atom stereocenters. The molecule has 0 unspecified atom stereocenters. The molecule has 0 aromatic carbocycles. The molecule has 1 saturated heterocycles. The van der Waals surface area contributed by atoms with Gasteiger partial charge in [-0.15, -0.1) is 11.3 Å². The van der Waals surface area contributed by atoms with Crippen molar-refractivity contribution in [3.8, 4) is 0 Å². The average molecular weight is 226 g/mol. The summed E-state index contributed by atoms with van der Waals surface area (Å²) in [5.41, 5.74) is 0. The second-order valence-corrected chi connectivity index (χ2v) is 4.98. The topological polar surface area (TPSA) is 34.1 Å². The summed E-state index contributed by atoms with van der Waals surface area (Å²) in [6.45, 7) is 5.20. The van der Waals surface area contributed by atoms with Crippen molar-refractivity contribution in [2.45, 2.75) is 25.9 Å². The van der Waals surface area contributed by atoms with Gasteiger partial charge in [0, 0.05) is 18.1 Å². The monoisotopic (exact) mass is 226 g/mol. The van der Waals surface area contributed by atoms with Gasteiger partial charge in [-0.25, -0.2) is 4.98 Å². The van der Waals surface area contributed by atoms with Crippen molar-refractivity contribution in [1.29, 1.82) is 0 Å². The number of rotatable bonds is 4. The van der Waals surface area contributed by atoms with Gasteiger partial charge in [-0.1, -0.05) is 0 Å². The second kappa shape index (κ2) is 5.58. The van der Waals surface area contributed by atoms with Crippen molar-refractivity contribution in [2.75, 3.05) is 19.7 Å². The molecule has 1 fully saturated rings. The SMILES string of the molecule is C[C@H](OC[C@H]1CCCNC1)c1nccs1. The molecular formula is C11H18N2OS. The summed E-state index contributed by atoms with van der Waals surface area (Å²) < 4.78 is 5.83. The average Bonchev–Trinajstić information content (AvgIpc) is 2.81. The van der Waals surface area contributed by atoms with E-state index in [0.29, 0.717) is 5.92 Å². The minimum Gasteiger partial charge on any atom is -0.371 e. The van der Waals surface area contributed by atoms with Gasteiger partial charge in [0.2, 0.25) is 0 Å². The Bertz CT molecular complexity index is 270. The molecule has 2 rings (SSSR count). The van der Waals surface area contributed by atoms with Gasteiger partial charge in [-0.2, -0.15) is 0 Å². The van der Waals surface area contributed by atoms with Crippen molar-refractivity contribution >= 4 is 11.3 Å². The van der Waals surface area contributed by atoms with Crippen LogP contribution in [0.1, 0.15) is 30.9 Å². The molecule has 1 aromatic heterocycles. The van der Waals surface area contributed by atoms with Gasteiger partial charge in [-0.05, 0) is 32.2 Å². The number of aromatic nitrogens is 1. The molecule has 15 heavy (non-hydrogen) atoms. The molecule has 1 aliphatic heterocycles. The van der Waals surface area contributed by atoms with Crippen LogP contribution >= 0.6 is 11.3 Å². The van der Waals surface area contributed by atoms with Crippen LogP contribution in [-0.2, 0) is 4.74 Å². The maximum absolute atomic E-state index is 5.83. The second-order valence-electron chi connectivity index (χ2n) is 4.06. The predicted octanol–water partition coefficient (Wildman–Crippen LogP) is 2.22. The molecule has 0 bridgehead atoms. The van der Waals surface area contributed by atoms with Crippen molar-refractivity contribution in [3.05, 3.63) is 16.6 Å². The number of hydrogen-bond donors (Lipinski definition) is 1. The maximum atomic E-state index is 5.83. The summed E-state index contributed by atoms with van der Waals surface area (Å²) in [4.78, 5) is 4.26. The van der Waals surface area contributed by atoms with E-state index < -0.39 is 0 Å². The van der Waals surface area contributed by atoms with Gasteiger partial charge in [0.1, 0.15) is 11.1 Å². The normalized spacial score (nSPS) is 23.9. The minimum absolute atomic E-state index is 0.145. The predicted molar refractivity (Wildman–Crippen MR) is 62.1 cm³/mol. The summed E-state index contributed by atoms with van der Waals surface area (Å²) in [5.74, 6) is 0.682. The van der Waals surface area contributed by atoms with E-state index in [1.54, 1.807) is 11.3 Å². The first-order valence-electron chi connectivity index (χ1n) is 5.58. The van der Waals surface area contributed by atoms with Gasteiger partial charge in [0.15, 0.2) is 0 Å². The van der Waals surface area contributed by atoms with E-state index in [1.165, 1.54) is 19.4 Å². The van der Waals surface area contributed by atoms with E-state index in [4.69, 9.17) is 4.74 Å². The number of nitrogens with one attached hydrogen (secondary N) is 1. The van der Waals surface area contributed by atoms with Crippen LogP contribution in [0.5, 0.6) is 0 Å². The molecule has 1 aliphatic rings. The van der Waals surface area contributed by atoms with E-state index in [1.807, 2.05) is 11.6 Å². The fraction of sp³-hybridized carbons (Fsp3) is 0.727. The lowest BCUT2D eigenvalue weighted by molar-refractivity contribution is 0.0334. The van der Waals surface area contributed by atoms with Crippen molar-refractivity contribution < 1.29 is 4.74 Å². The Kier molecular flexibility index (Phi) is 4.11. The van der Waals surface area contributed by atoms with E-state index in [2.05, 4.69) is 17.2 Å². The number of piperidine rings is 1. The van der Waals surface area contributed by atoms with Crippen LogP contribution < -0.4 is 5.32 Å². The van der Waals surface area contributed by atoms with Crippen LogP contribution in [0, 0.1) is 5.92 Å². The summed E-state index contributed by atoms with van der Waals surface area (Å²) in [6.07, 6.45) is 4.55. The Morgan fingerprint density at radius 2 is 2.67 bits per heavy atom. The fourth-order valence-corrected chi connectivity index (χ4v) is 2.50. The summed E-state index contributed by atoms with van der Waals surface area (Å²) in [6, 6.07) is 0. The van der Waals surface area contributed by atoms with Gasteiger partial charge >= 0.3 is 0 Å². The molecule has 0 saturated carbocycles. The molecule has 4 heteroatoms. The number of ether oxygens (including phenoxy) is 1. The third-order valence-corrected chi connectivity index (χ3v) is 3.72. The first-order valence-corrected chi connectivity index (χ1v) is 6.46. The van der Waals surface area contributed by atoms with Crippen LogP contribution in [0.15, 0.2) is 11.6 Å². The molecule has 2 heterocycles. The molecule has 0 spiro atoms. The highest BCUT2D eigenvalue weighted by molar-refractivity contribution is 7.09. The van der Waals surface area contributed by atoms with Crippen molar-refractivity contribution in [3.63, 3.8) is 0 Å². The Balaban J connectivity index is 1.73. The lowest BCUT2D eigenvalue weighted by Crippen LogP contribution is -2.32. The standard InChI is InChI=1S/C11H18N2OS/c1-9(11-13-5-6-15-11)14-8-10-3-2-4-12-7-10/h5-6,9-10,12H,2-4,7-8H2,1H3/t9-,10-/m0/s1. The van der Waals surface area contributed by atoms with Crippen LogP contribution in [0.2, 0.25) is 0 Å². The zero-order valence-corrected chi connectivity index (χ0v) is 9.93. The minimum atomic E-state index is 0.145. The highest BCUT2D eigenvalue weighted by Crippen LogP contribution is 2.20. The molecular weight excluding hydrogens is 208 g/mol. The lowest BCUT2D eigenvalue weighted by atomic mass is 10.0. The van der Waals surface area contributed by atoms with Gasteiger partial charge in [0.25, 0.3) is 0 Å². The highest BCUT2D eigenvalue weighted by atomic mass is 32.1. The highest BCUT2D eigenvalue weighted by Gasteiger charge is 2.15. The van der Waals surface area contributed by atoms with Crippen LogP contribution in [0.3, 0.4) is 0 Å². The Labute approximate surface area is 94.9 Å². The first kappa shape index (κ1) is 11.0. The van der Waals surface area contributed by atoms with E-state index in [0.717, 1.165) is 18.2 Å². The largest absolute Gasteiger partial charge is 0.371 e. The molecule has 1 aromatic rings. The lowest BCUT2D eigenvalue weighted by Gasteiger charge is -2.23. The first-order chi connectivity index (χ1) is 7.36. The smallest absolute Gasteiger partial charge is 0.121 e. The molecule has 0 radical (unpaired) electrons. The zero-order chi connectivity index (χ0) is 10.5. The van der Waals surface area contributed by atoms with E-state index in [-0.39, 0.29) is 6.10 Å². The quantitative estimate of drug-likeness (QED) is 0.855. The third-order valence-electron chi connectivity index (χ3n) is 2.78. The summed E-state index contributed by atoms with van der Waals surface area (Å²) in [5, 5.41) is 6.48. The van der Waals surface area contributed by atoms with E-state index in [9.17, 15) is 0 Å². The molecule has 0 aliphatic carbocycles. The van der Waals surface area contributed by atoms with E-state index >= 15 is 0 Å². The van der Waals surface area contributed by atoms with Crippen LogP contribution in [0.25, 0.3) is 0 Å². The van der Waals surface area contributed by atoms with Gasteiger partial charge in [0.05, 0.1) is 6.61 Å². The molecule has 0 amide bonds. The number of hydrogen-bond acceptors (Lipinski definition) is 4. The summed E-state index contributed by atoms with van der Waals surface area (Å²) in [7, 11) is 0. The number of thiazole rings is 1. The Hall–Kier alpha value is -0.450. The Morgan fingerprint density at radius 1 is 1.73 bits per heavy atom. The third kappa shape index (κ3) is 3.26. The van der Waals surface area contributed by atoms with Gasteiger partial charge < -0.3 is 10.1 Å². The van der Waals surface area contributed by atoms with Crippen LogP contribution in [-0.4, -0.2) is 24.7 Å². The fourth-order valence-electron chi connectivity index (χ4n) is 1.85. The van der Waals surface area contributed by atoms with Gasteiger partial charge in [-0.3, -0.25) is 0 Å². The summed E-state index contributed by atoms with van der Waals surface area (Å²) >= 11 is 1.67. The molecule has 84 valence electrons. The van der Waals surface area contributed by atoms with Crippen molar-refractivity contribution in [1.82, 2.24) is 10.3 Å². The van der Waals surface area contributed by atoms with Crippen molar-refractivity contribution in [2.24, 2.45) is 5.92 Å².